The van der Waals surface area contributed by atoms with E-state index >= 15 is 0 Å². The number of aromatic hydroxyl groups is 1. The van der Waals surface area contributed by atoms with Gasteiger partial charge in [0, 0.05) is 5.22 Å². The second-order valence-corrected chi connectivity index (χ2v) is 10.6. The number of hydrogen-bond acceptors (Lipinski definition) is 10. The van der Waals surface area contributed by atoms with Crippen LogP contribution in [0.5, 0.6) is 5.88 Å². The van der Waals surface area contributed by atoms with Crippen LogP contribution in [0.4, 0.5) is 29.1 Å². The van der Waals surface area contributed by atoms with E-state index in [4.69, 9.17) is 0 Å². The zero-order valence-corrected chi connectivity index (χ0v) is 20.7. The SMILES string of the molecule is O=C(CSc1nnc(Nc2nc(O)c(C3=c4ccccc4=NC3=O)s2)s1)Nc1ccccc1C(F)(F)F. The number of thioether (sulfide) groups is 1. The molecule has 2 aromatic carbocycles. The lowest BCUT2D eigenvalue weighted by molar-refractivity contribution is -0.137. The van der Waals surface area contributed by atoms with Gasteiger partial charge in [-0.15, -0.1) is 10.2 Å². The smallest absolute Gasteiger partial charge is 0.418 e. The highest BCUT2D eigenvalue weighted by Gasteiger charge is 2.33. The Morgan fingerprint density at radius 3 is 2.59 bits per heavy atom. The normalized spacial score (nSPS) is 12.8. The Morgan fingerprint density at radius 1 is 1.03 bits per heavy atom. The van der Waals surface area contributed by atoms with E-state index in [-0.39, 0.29) is 32.9 Å². The molecule has 9 nitrogen and oxygen atoms in total. The van der Waals surface area contributed by atoms with Gasteiger partial charge in [-0.05, 0) is 18.2 Å². The Kier molecular flexibility index (Phi) is 6.66. The Bertz CT molecular complexity index is 1650. The van der Waals surface area contributed by atoms with Crippen LogP contribution in [0.2, 0.25) is 0 Å². The number of nitrogens with zero attached hydrogens (tertiary/aromatic N) is 4. The van der Waals surface area contributed by atoms with Crippen LogP contribution in [-0.4, -0.2) is 37.9 Å². The number of halogens is 3. The molecule has 3 N–H and O–H groups in total. The molecule has 188 valence electrons. The van der Waals surface area contributed by atoms with Crippen LogP contribution in [0.15, 0.2) is 57.9 Å². The number of fused-ring (bicyclic) bond motifs is 1. The maximum atomic E-state index is 13.1. The van der Waals surface area contributed by atoms with E-state index in [0.717, 1.165) is 40.5 Å². The maximum Gasteiger partial charge on any atom is 0.418 e. The summed E-state index contributed by atoms with van der Waals surface area (Å²) < 4.78 is 39.7. The number of alkyl halides is 3. The van der Waals surface area contributed by atoms with E-state index in [0.29, 0.717) is 20.0 Å². The fraction of sp³-hybridized carbons (Fsp3) is 0.0909. The third kappa shape index (κ3) is 5.33. The molecule has 0 aliphatic carbocycles. The molecule has 0 saturated heterocycles. The highest BCUT2D eigenvalue weighted by Crippen LogP contribution is 2.37. The fourth-order valence-corrected chi connectivity index (χ4v) is 5.90. The van der Waals surface area contributed by atoms with Gasteiger partial charge in [0.25, 0.3) is 5.91 Å². The number of anilines is 3. The first-order valence-corrected chi connectivity index (χ1v) is 12.9. The largest absolute Gasteiger partial charge is 0.492 e. The van der Waals surface area contributed by atoms with Gasteiger partial charge in [-0.1, -0.05) is 64.8 Å². The van der Waals surface area contributed by atoms with Crippen LogP contribution >= 0.6 is 34.4 Å². The third-order valence-corrected chi connectivity index (χ3v) is 7.85. The van der Waals surface area contributed by atoms with Crippen LogP contribution < -0.4 is 21.2 Å². The molecule has 1 aliphatic heterocycles. The predicted octanol–water partition coefficient (Wildman–Crippen LogP) is 3.55. The maximum absolute atomic E-state index is 13.1. The molecule has 0 saturated carbocycles. The van der Waals surface area contributed by atoms with E-state index in [1.54, 1.807) is 24.3 Å². The van der Waals surface area contributed by atoms with Gasteiger partial charge >= 0.3 is 6.18 Å². The molecule has 0 bridgehead atoms. The number of carbonyl (C=O) groups is 2. The second-order valence-electron chi connectivity index (χ2n) is 7.36. The number of rotatable bonds is 7. The highest BCUT2D eigenvalue weighted by atomic mass is 32.2. The molecule has 2 aromatic heterocycles. The van der Waals surface area contributed by atoms with Crippen LogP contribution in [0, 0.1) is 0 Å². The molecule has 37 heavy (non-hydrogen) atoms. The van der Waals surface area contributed by atoms with Gasteiger partial charge in [-0.3, -0.25) is 9.59 Å². The molecular formula is C22H13F3N6O3S3. The van der Waals surface area contributed by atoms with Crippen molar-refractivity contribution in [3.8, 4) is 5.88 Å². The number of aromatic nitrogens is 3. The minimum Gasteiger partial charge on any atom is -0.492 e. The van der Waals surface area contributed by atoms with Gasteiger partial charge in [-0.2, -0.15) is 18.2 Å². The topological polar surface area (TPSA) is 129 Å². The van der Waals surface area contributed by atoms with Gasteiger partial charge in [0.2, 0.25) is 16.9 Å². The molecule has 0 atom stereocenters. The van der Waals surface area contributed by atoms with Crippen LogP contribution in [0.1, 0.15) is 10.4 Å². The van der Waals surface area contributed by atoms with Gasteiger partial charge in [0.05, 0.1) is 27.9 Å². The number of carbonyl (C=O) groups excluding carboxylic acids is 2. The molecule has 15 heteroatoms. The summed E-state index contributed by atoms with van der Waals surface area (Å²) in [4.78, 5) is 32.9. The van der Waals surface area contributed by atoms with E-state index < -0.39 is 23.6 Å². The molecular weight excluding hydrogens is 549 g/mol. The van der Waals surface area contributed by atoms with Gasteiger partial charge in [-0.25, -0.2) is 4.99 Å². The van der Waals surface area contributed by atoms with Crippen molar-refractivity contribution >= 4 is 67.8 Å². The molecule has 0 fully saturated rings. The van der Waals surface area contributed by atoms with E-state index in [2.05, 4.69) is 30.8 Å². The Morgan fingerprint density at radius 2 is 1.78 bits per heavy atom. The van der Waals surface area contributed by atoms with Crippen molar-refractivity contribution in [2.45, 2.75) is 10.5 Å². The van der Waals surface area contributed by atoms with Crippen LogP contribution in [0.25, 0.3) is 5.57 Å². The van der Waals surface area contributed by atoms with Gasteiger partial charge in [0.1, 0.15) is 4.88 Å². The average molecular weight is 563 g/mol. The summed E-state index contributed by atoms with van der Waals surface area (Å²) in [6.45, 7) is 0. The Hall–Kier alpha value is -3.82. The molecule has 5 rings (SSSR count). The molecule has 0 spiro atoms. The molecule has 3 heterocycles. The minimum atomic E-state index is -4.59. The van der Waals surface area contributed by atoms with Gasteiger partial charge in [0.15, 0.2) is 9.47 Å². The average Bonchev–Trinajstić information content (AvgIpc) is 3.53. The van der Waals surface area contributed by atoms with Crippen molar-refractivity contribution in [3.63, 3.8) is 0 Å². The second kappa shape index (κ2) is 9.91. The lowest BCUT2D eigenvalue weighted by atomic mass is 10.1. The number of hydrogen-bond donors (Lipinski definition) is 3. The third-order valence-electron chi connectivity index (χ3n) is 4.90. The van der Waals surface area contributed by atoms with Crippen LogP contribution in [-0.2, 0) is 15.8 Å². The standard InChI is InChI=1S/C22H13F3N6O3S3/c23-22(24,25)11-6-2-4-8-13(11)26-14(32)9-35-21-31-30-20(37-21)29-19-28-18(34)16(36-19)15-10-5-1-3-7-12(10)27-17(15)33/h1-8,34H,9H2,(H,26,32)(H,28,29,30). The molecule has 0 radical (unpaired) electrons. The zero-order chi connectivity index (χ0) is 26.2. The minimum absolute atomic E-state index is 0.188. The molecule has 1 aliphatic rings. The number of benzene rings is 2. The zero-order valence-electron chi connectivity index (χ0n) is 18.2. The number of nitrogens with one attached hydrogen (secondary N) is 2. The van der Waals surface area contributed by atoms with E-state index in [1.165, 1.54) is 18.2 Å². The van der Waals surface area contributed by atoms with E-state index in [9.17, 15) is 27.9 Å². The molecule has 4 aromatic rings. The number of thiazole rings is 1. The van der Waals surface area contributed by atoms with Crippen molar-refractivity contribution < 1.29 is 27.9 Å². The first-order chi connectivity index (χ1) is 17.7. The Balaban J connectivity index is 1.24. The number of amides is 2. The van der Waals surface area contributed by atoms with Crippen molar-refractivity contribution in [3.05, 3.63) is 69.5 Å². The monoisotopic (exact) mass is 562 g/mol. The van der Waals surface area contributed by atoms with Crippen molar-refractivity contribution in [2.75, 3.05) is 16.4 Å². The summed E-state index contributed by atoms with van der Waals surface area (Å²) in [5, 5.41) is 25.1. The lowest BCUT2D eigenvalue weighted by Crippen LogP contribution is -2.22. The molecule has 2 amide bonds. The summed E-state index contributed by atoms with van der Waals surface area (Å²) in [7, 11) is 0. The van der Waals surface area contributed by atoms with E-state index in [1.807, 2.05) is 0 Å². The summed E-state index contributed by atoms with van der Waals surface area (Å²) in [5.74, 6) is -1.63. The fourth-order valence-electron chi connectivity index (χ4n) is 3.37. The quantitative estimate of drug-likeness (QED) is 0.292. The summed E-state index contributed by atoms with van der Waals surface area (Å²) in [5.41, 5.74) is -1.00. The predicted molar refractivity (Wildman–Crippen MR) is 133 cm³/mol. The lowest BCUT2D eigenvalue weighted by Gasteiger charge is -2.13. The number of para-hydroxylation sites is 2. The van der Waals surface area contributed by atoms with Gasteiger partial charge < -0.3 is 15.7 Å². The molecule has 0 unspecified atom stereocenters. The van der Waals surface area contributed by atoms with Crippen molar-refractivity contribution in [2.24, 2.45) is 4.99 Å². The Labute approximate surface area is 217 Å². The summed E-state index contributed by atoms with van der Waals surface area (Å²) in [6, 6.07) is 11.7. The van der Waals surface area contributed by atoms with Crippen molar-refractivity contribution in [1.82, 2.24) is 15.2 Å². The summed E-state index contributed by atoms with van der Waals surface area (Å²) >= 11 is 3.12. The first kappa shape index (κ1) is 24.9. The van der Waals surface area contributed by atoms with Crippen molar-refractivity contribution in [1.29, 1.82) is 0 Å². The highest BCUT2D eigenvalue weighted by molar-refractivity contribution is 8.01. The summed E-state index contributed by atoms with van der Waals surface area (Å²) in [6.07, 6.45) is -4.59. The first-order valence-electron chi connectivity index (χ1n) is 10.3. The van der Waals surface area contributed by atoms with Crippen LogP contribution in [0.3, 0.4) is 0 Å².